The Morgan fingerprint density at radius 1 is 1.41 bits per heavy atom. The molecule has 1 aliphatic rings. The van der Waals surface area contributed by atoms with E-state index in [2.05, 4.69) is 12.2 Å². The van der Waals surface area contributed by atoms with E-state index in [-0.39, 0.29) is 11.6 Å². The van der Waals surface area contributed by atoms with Crippen LogP contribution in [0.25, 0.3) is 0 Å². The van der Waals surface area contributed by atoms with Gasteiger partial charge < -0.3 is 10.2 Å². The molecule has 0 aromatic heterocycles. The molecule has 6 nitrogen and oxygen atoms in total. The zero-order valence-corrected chi connectivity index (χ0v) is 13.0. The Morgan fingerprint density at radius 2 is 2.14 bits per heavy atom. The highest BCUT2D eigenvalue weighted by Gasteiger charge is 2.26. The van der Waals surface area contributed by atoms with Crippen molar-refractivity contribution in [3.63, 3.8) is 0 Å². The molecule has 1 saturated carbocycles. The van der Waals surface area contributed by atoms with Crippen molar-refractivity contribution in [1.29, 1.82) is 0 Å². The van der Waals surface area contributed by atoms with Crippen LogP contribution in [0.15, 0.2) is 24.3 Å². The summed E-state index contributed by atoms with van der Waals surface area (Å²) in [6.07, 6.45) is 3.76. The first-order chi connectivity index (χ1) is 10.6. The fourth-order valence-corrected chi connectivity index (χ4v) is 2.44. The van der Waals surface area contributed by atoms with E-state index in [0.29, 0.717) is 24.6 Å². The summed E-state index contributed by atoms with van der Waals surface area (Å²) < 4.78 is 0. The summed E-state index contributed by atoms with van der Waals surface area (Å²) in [5.41, 5.74) is 0.503. The van der Waals surface area contributed by atoms with Crippen LogP contribution in [0, 0.1) is 16.0 Å². The molecular formula is C16H23N3O3. The van der Waals surface area contributed by atoms with E-state index in [1.807, 2.05) is 4.90 Å². The SMILES string of the molecule is CCCN(CC1CC1)C(=O)CCNc1ccccc1[N+](=O)[O-]. The maximum Gasteiger partial charge on any atom is 0.292 e. The van der Waals surface area contributed by atoms with Crippen molar-refractivity contribution >= 4 is 17.3 Å². The number of nitro benzene ring substituents is 1. The van der Waals surface area contributed by atoms with Crippen molar-refractivity contribution in [2.75, 3.05) is 25.0 Å². The number of nitrogens with zero attached hydrogens (tertiary/aromatic N) is 2. The minimum absolute atomic E-state index is 0.0401. The Bertz CT molecular complexity index is 529. The van der Waals surface area contributed by atoms with E-state index in [0.717, 1.165) is 19.5 Å². The third-order valence-corrected chi connectivity index (χ3v) is 3.78. The van der Waals surface area contributed by atoms with Crippen molar-refractivity contribution in [1.82, 2.24) is 4.90 Å². The summed E-state index contributed by atoms with van der Waals surface area (Å²) in [5, 5.41) is 13.9. The average molecular weight is 305 g/mol. The number of nitro groups is 1. The van der Waals surface area contributed by atoms with Crippen LogP contribution in [-0.2, 0) is 4.79 Å². The second-order valence-electron chi connectivity index (χ2n) is 5.73. The number of para-hydroxylation sites is 2. The van der Waals surface area contributed by atoms with Crippen molar-refractivity contribution in [3.05, 3.63) is 34.4 Å². The fraction of sp³-hybridized carbons (Fsp3) is 0.562. The van der Waals surface area contributed by atoms with Gasteiger partial charge >= 0.3 is 0 Å². The summed E-state index contributed by atoms with van der Waals surface area (Å²) in [4.78, 5) is 24.7. The van der Waals surface area contributed by atoms with Crippen LogP contribution < -0.4 is 5.32 Å². The van der Waals surface area contributed by atoms with E-state index in [1.54, 1.807) is 18.2 Å². The molecule has 0 radical (unpaired) electrons. The molecule has 0 saturated heterocycles. The van der Waals surface area contributed by atoms with Gasteiger partial charge in [-0.1, -0.05) is 19.1 Å². The summed E-state index contributed by atoms with van der Waals surface area (Å²) in [6.45, 7) is 4.13. The van der Waals surface area contributed by atoms with Crippen LogP contribution in [0.2, 0.25) is 0 Å². The van der Waals surface area contributed by atoms with Crippen LogP contribution in [0.5, 0.6) is 0 Å². The number of hydrogen-bond acceptors (Lipinski definition) is 4. The summed E-state index contributed by atoms with van der Waals surface area (Å²) in [5.74, 6) is 0.804. The highest BCUT2D eigenvalue weighted by atomic mass is 16.6. The van der Waals surface area contributed by atoms with Gasteiger partial charge in [-0.2, -0.15) is 0 Å². The highest BCUT2D eigenvalue weighted by Crippen LogP contribution is 2.30. The van der Waals surface area contributed by atoms with E-state index >= 15 is 0 Å². The predicted molar refractivity (Wildman–Crippen MR) is 85.8 cm³/mol. The van der Waals surface area contributed by atoms with Gasteiger partial charge in [-0.05, 0) is 31.2 Å². The number of rotatable bonds is 9. The van der Waals surface area contributed by atoms with Crippen molar-refractivity contribution in [3.8, 4) is 0 Å². The summed E-state index contributed by atoms with van der Waals surface area (Å²) in [6, 6.07) is 6.50. The summed E-state index contributed by atoms with van der Waals surface area (Å²) in [7, 11) is 0. The Balaban J connectivity index is 1.84. The van der Waals surface area contributed by atoms with E-state index in [4.69, 9.17) is 0 Å². The molecule has 1 fully saturated rings. The largest absolute Gasteiger partial charge is 0.379 e. The van der Waals surface area contributed by atoms with Crippen LogP contribution in [-0.4, -0.2) is 35.4 Å². The predicted octanol–water partition coefficient (Wildman–Crippen LogP) is 3.05. The van der Waals surface area contributed by atoms with Crippen LogP contribution >= 0.6 is 0 Å². The zero-order chi connectivity index (χ0) is 15.9. The van der Waals surface area contributed by atoms with Gasteiger partial charge in [0.15, 0.2) is 0 Å². The van der Waals surface area contributed by atoms with Gasteiger partial charge in [0.1, 0.15) is 5.69 Å². The number of carbonyl (C=O) groups excluding carboxylic acids is 1. The number of nitrogens with one attached hydrogen (secondary N) is 1. The molecule has 0 heterocycles. The van der Waals surface area contributed by atoms with Gasteiger partial charge in [-0.15, -0.1) is 0 Å². The fourth-order valence-electron chi connectivity index (χ4n) is 2.44. The van der Waals surface area contributed by atoms with Gasteiger partial charge in [0, 0.05) is 32.1 Å². The first kappa shape index (κ1) is 16.3. The molecule has 1 aromatic carbocycles. The molecule has 2 rings (SSSR count). The van der Waals surface area contributed by atoms with Crippen LogP contribution in [0.3, 0.4) is 0 Å². The first-order valence-corrected chi connectivity index (χ1v) is 7.87. The molecule has 6 heteroatoms. The molecule has 22 heavy (non-hydrogen) atoms. The molecule has 0 aliphatic heterocycles. The second kappa shape index (κ2) is 7.77. The van der Waals surface area contributed by atoms with Crippen LogP contribution in [0.4, 0.5) is 11.4 Å². The molecule has 0 spiro atoms. The molecule has 1 aromatic rings. The van der Waals surface area contributed by atoms with Gasteiger partial charge in [0.05, 0.1) is 4.92 Å². The lowest BCUT2D eigenvalue weighted by molar-refractivity contribution is -0.384. The minimum atomic E-state index is -0.416. The molecular weight excluding hydrogens is 282 g/mol. The van der Waals surface area contributed by atoms with Gasteiger partial charge in [-0.25, -0.2) is 0 Å². The number of carbonyl (C=O) groups is 1. The van der Waals surface area contributed by atoms with E-state index in [9.17, 15) is 14.9 Å². The van der Waals surface area contributed by atoms with Crippen molar-refractivity contribution in [2.45, 2.75) is 32.6 Å². The lowest BCUT2D eigenvalue weighted by Gasteiger charge is -2.22. The Morgan fingerprint density at radius 3 is 2.77 bits per heavy atom. The smallest absolute Gasteiger partial charge is 0.292 e. The van der Waals surface area contributed by atoms with Gasteiger partial charge in [-0.3, -0.25) is 14.9 Å². The van der Waals surface area contributed by atoms with Crippen molar-refractivity contribution < 1.29 is 9.72 Å². The van der Waals surface area contributed by atoms with Crippen LogP contribution in [0.1, 0.15) is 32.6 Å². The minimum Gasteiger partial charge on any atom is -0.379 e. The number of amides is 1. The Labute approximate surface area is 130 Å². The van der Waals surface area contributed by atoms with E-state index < -0.39 is 4.92 Å². The number of hydrogen-bond donors (Lipinski definition) is 1. The lowest BCUT2D eigenvalue weighted by atomic mass is 10.2. The third-order valence-electron chi connectivity index (χ3n) is 3.78. The summed E-state index contributed by atoms with van der Waals surface area (Å²) >= 11 is 0. The Kier molecular flexibility index (Phi) is 5.75. The zero-order valence-electron chi connectivity index (χ0n) is 13.0. The lowest BCUT2D eigenvalue weighted by Crippen LogP contribution is -2.34. The van der Waals surface area contributed by atoms with Gasteiger partial charge in [0.2, 0.25) is 5.91 Å². The monoisotopic (exact) mass is 305 g/mol. The maximum atomic E-state index is 12.3. The molecule has 0 atom stereocenters. The highest BCUT2D eigenvalue weighted by molar-refractivity contribution is 5.77. The Hall–Kier alpha value is -2.11. The third kappa shape index (κ3) is 4.72. The topological polar surface area (TPSA) is 75.5 Å². The normalized spacial score (nSPS) is 13.7. The molecule has 1 amide bonds. The maximum absolute atomic E-state index is 12.3. The molecule has 0 bridgehead atoms. The van der Waals surface area contributed by atoms with Crippen molar-refractivity contribution in [2.24, 2.45) is 5.92 Å². The van der Waals surface area contributed by atoms with E-state index in [1.165, 1.54) is 18.9 Å². The van der Waals surface area contributed by atoms with Gasteiger partial charge in [0.25, 0.3) is 5.69 Å². The second-order valence-corrected chi connectivity index (χ2v) is 5.73. The number of anilines is 1. The molecule has 120 valence electrons. The molecule has 0 unspecified atom stereocenters. The first-order valence-electron chi connectivity index (χ1n) is 7.87. The molecule has 1 aliphatic carbocycles. The quantitative estimate of drug-likeness (QED) is 0.562. The molecule has 1 N–H and O–H groups in total. The standard InChI is InChI=1S/C16H23N3O3/c1-2-11-18(12-13-7-8-13)16(20)9-10-17-14-5-3-4-6-15(14)19(21)22/h3-6,13,17H,2,7-12H2,1H3. The number of benzene rings is 1. The average Bonchev–Trinajstić information content (AvgIpc) is 3.31.